The van der Waals surface area contributed by atoms with Gasteiger partial charge >= 0.3 is 11.9 Å². The molecule has 1 saturated heterocycles. The van der Waals surface area contributed by atoms with Crippen molar-refractivity contribution in [3.63, 3.8) is 0 Å². The summed E-state index contributed by atoms with van der Waals surface area (Å²) in [5.41, 5.74) is 0. The Morgan fingerprint density at radius 3 is 1.33 bits per heavy atom. The zero-order valence-electron chi connectivity index (χ0n) is 8.00. The molecule has 76 valence electrons. The summed E-state index contributed by atoms with van der Waals surface area (Å²) in [4.78, 5) is 23.3. The second-order valence-corrected chi connectivity index (χ2v) is 6.41. The van der Waals surface area contributed by atoms with Gasteiger partial charge in [-0.05, 0) is 47.3 Å². The first-order valence-electron chi connectivity index (χ1n) is 6.06. The molecule has 6 saturated carbocycles. The lowest BCUT2D eigenvalue weighted by molar-refractivity contribution is -0.475. The molecule has 3 heteroatoms. The van der Waals surface area contributed by atoms with E-state index >= 15 is 0 Å². The van der Waals surface area contributed by atoms with Crippen LogP contribution in [0.25, 0.3) is 0 Å². The van der Waals surface area contributed by atoms with Crippen molar-refractivity contribution in [3.05, 3.63) is 0 Å². The molecule has 7 aliphatic rings. The molecule has 0 aromatic heterocycles. The molecular formula is C12H10O3. The minimum absolute atomic E-state index is 0.0116. The maximum atomic E-state index is 11.7. The predicted molar refractivity (Wildman–Crippen MR) is 46.0 cm³/mol. The Morgan fingerprint density at radius 2 is 0.933 bits per heavy atom. The first-order valence-corrected chi connectivity index (χ1v) is 6.06. The van der Waals surface area contributed by atoms with Crippen LogP contribution in [0.2, 0.25) is 0 Å². The number of ether oxygens (including phenoxy) is 1. The van der Waals surface area contributed by atoms with Crippen LogP contribution in [0.5, 0.6) is 0 Å². The Kier molecular flexibility index (Phi) is 0.659. The van der Waals surface area contributed by atoms with Gasteiger partial charge < -0.3 is 4.74 Å². The number of hydrogen-bond donors (Lipinski definition) is 0. The van der Waals surface area contributed by atoms with E-state index in [2.05, 4.69) is 0 Å². The number of rotatable bonds is 0. The molecule has 0 spiro atoms. The number of carbonyl (C=O) groups excluding carboxylic acids is 2. The summed E-state index contributed by atoms with van der Waals surface area (Å²) in [6.07, 6.45) is 0. The summed E-state index contributed by atoms with van der Waals surface area (Å²) in [7, 11) is 0. The van der Waals surface area contributed by atoms with Crippen molar-refractivity contribution in [2.45, 2.75) is 0 Å². The van der Waals surface area contributed by atoms with Crippen molar-refractivity contribution in [2.24, 2.45) is 59.2 Å². The number of esters is 2. The van der Waals surface area contributed by atoms with E-state index in [1.54, 1.807) is 0 Å². The van der Waals surface area contributed by atoms with Gasteiger partial charge in [0.15, 0.2) is 0 Å². The average molecular weight is 202 g/mol. The summed E-state index contributed by atoms with van der Waals surface area (Å²) in [5.74, 6) is 5.99. The minimum Gasteiger partial charge on any atom is -0.393 e. The highest BCUT2D eigenvalue weighted by Gasteiger charge is 2.93. The van der Waals surface area contributed by atoms with Gasteiger partial charge in [0.1, 0.15) is 0 Å². The molecule has 6 atom stereocenters. The molecule has 6 aliphatic carbocycles. The topological polar surface area (TPSA) is 43.4 Å². The fourth-order valence-corrected chi connectivity index (χ4v) is 6.83. The van der Waals surface area contributed by atoms with Crippen molar-refractivity contribution in [2.75, 3.05) is 0 Å². The Hall–Kier alpha value is -0.860. The van der Waals surface area contributed by atoms with E-state index in [9.17, 15) is 9.59 Å². The largest absolute Gasteiger partial charge is 0.393 e. The Balaban J connectivity index is 1.60. The SMILES string of the molecule is O=C1OC(=O)[C@@H]2C3[C@@H]4C5C6[C@@H]4C([C@@H]6[C@@H]53)[C@@H]12. The maximum absolute atomic E-state index is 11.7. The van der Waals surface area contributed by atoms with Crippen LogP contribution < -0.4 is 0 Å². The summed E-state index contributed by atoms with van der Waals surface area (Å²) in [6, 6.07) is 0. The standard InChI is InChI=1S/C12H10O3/c13-11-9-7-3-1-2-5(3)8(6(2)4(1)7)10(9)12(14)15-11/h1-10H/t1?,2?,3-,4-,5+,6+,7?,8?,9-,10-/m1/s1. The van der Waals surface area contributed by atoms with E-state index in [-0.39, 0.29) is 23.8 Å². The van der Waals surface area contributed by atoms with Gasteiger partial charge in [-0.25, -0.2) is 0 Å². The molecule has 0 aromatic rings. The predicted octanol–water partition coefficient (Wildman–Crippen LogP) is 0.300. The zero-order valence-corrected chi connectivity index (χ0v) is 8.00. The maximum Gasteiger partial charge on any atom is 0.317 e. The molecule has 1 heterocycles. The van der Waals surface area contributed by atoms with Gasteiger partial charge in [-0.1, -0.05) is 0 Å². The van der Waals surface area contributed by atoms with E-state index in [0.717, 1.165) is 35.5 Å². The first-order chi connectivity index (χ1) is 7.30. The highest BCUT2D eigenvalue weighted by Crippen LogP contribution is 2.93. The van der Waals surface area contributed by atoms with E-state index < -0.39 is 0 Å². The number of carbonyl (C=O) groups is 2. The third kappa shape index (κ3) is 0.362. The fourth-order valence-electron chi connectivity index (χ4n) is 6.83. The van der Waals surface area contributed by atoms with Gasteiger partial charge in [0.05, 0.1) is 11.8 Å². The van der Waals surface area contributed by atoms with Crippen LogP contribution in [0.4, 0.5) is 0 Å². The van der Waals surface area contributed by atoms with Crippen LogP contribution in [-0.4, -0.2) is 11.9 Å². The molecular weight excluding hydrogens is 192 g/mol. The van der Waals surface area contributed by atoms with Crippen LogP contribution in [0.1, 0.15) is 0 Å². The smallest absolute Gasteiger partial charge is 0.317 e. The van der Waals surface area contributed by atoms with E-state index in [4.69, 9.17) is 4.74 Å². The molecule has 0 aromatic carbocycles. The minimum atomic E-state index is -0.189. The lowest BCUT2D eigenvalue weighted by atomic mass is 9.09. The Bertz CT molecular complexity index is 407. The van der Waals surface area contributed by atoms with Crippen molar-refractivity contribution in [1.29, 1.82) is 0 Å². The summed E-state index contributed by atoms with van der Waals surface area (Å²) < 4.78 is 4.86. The molecule has 1 aliphatic heterocycles. The third-order valence-electron chi connectivity index (χ3n) is 6.85. The number of cyclic esters (lactones) is 2. The van der Waals surface area contributed by atoms with Gasteiger partial charge in [0, 0.05) is 0 Å². The van der Waals surface area contributed by atoms with Gasteiger partial charge in [-0.15, -0.1) is 0 Å². The molecule has 7 fully saturated rings. The van der Waals surface area contributed by atoms with Gasteiger partial charge in [0.2, 0.25) is 0 Å². The highest BCUT2D eigenvalue weighted by molar-refractivity contribution is 5.98. The number of hydrogen-bond acceptors (Lipinski definition) is 3. The summed E-state index contributed by atoms with van der Waals surface area (Å²) in [5, 5.41) is 0. The van der Waals surface area contributed by atoms with E-state index in [0.29, 0.717) is 11.8 Å². The molecule has 0 N–H and O–H groups in total. The molecule has 0 radical (unpaired) electrons. The van der Waals surface area contributed by atoms with Crippen LogP contribution in [0, 0.1) is 59.2 Å². The second-order valence-electron chi connectivity index (χ2n) is 6.41. The van der Waals surface area contributed by atoms with Crippen molar-refractivity contribution in [3.8, 4) is 0 Å². The molecule has 2 bridgehead atoms. The van der Waals surface area contributed by atoms with Crippen LogP contribution in [-0.2, 0) is 14.3 Å². The monoisotopic (exact) mass is 202 g/mol. The normalized spacial score (nSPS) is 78.1. The molecule has 3 nitrogen and oxygen atoms in total. The van der Waals surface area contributed by atoms with Crippen molar-refractivity contribution < 1.29 is 14.3 Å². The average Bonchev–Trinajstić information content (AvgIpc) is 2.42. The van der Waals surface area contributed by atoms with Crippen LogP contribution in [0.3, 0.4) is 0 Å². The molecule has 7 rings (SSSR count). The van der Waals surface area contributed by atoms with Crippen LogP contribution >= 0.6 is 0 Å². The Morgan fingerprint density at radius 1 is 0.600 bits per heavy atom. The lowest BCUT2D eigenvalue weighted by Crippen LogP contribution is -2.92. The molecule has 15 heavy (non-hydrogen) atoms. The summed E-state index contributed by atoms with van der Waals surface area (Å²) >= 11 is 0. The quantitative estimate of drug-likeness (QED) is 0.419. The molecule has 0 unspecified atom stereocenters. The summed E-state index contributed by atoms with van der Waals surface area (Å²) in [6.45, 7) is 0. The Labute approximate surface area is 86.2 Å². The zero-order chi connectivity index (χ0) is 9.64. The first kappa shape index (κ1) is 6.66. The lowest BCUT2D eigenvalue weighted by Gasteiger charge is -2.94. The highest BCUT2D eigenvalue weighted by atomic mass is 16.6. The van der Waals surface area contributed by atoms with Crippen LogP contribution in [0.15, 0.2) is 0 Å². The van der Waals surface area contributed by atoms with Gasteiger partial charge in [-0.3, -0.25) is 9.59 Å². The van der Waals surface area contributed by atoms with E-state index in [1.807, 2.05) is 0 Å². The second kappa shape index (κ2) is 1.48. The van der Waals surface area contributed by atoms with Gasteiger partial charge in [-0.2, -0.15) is 0 Å². The van der Waals surface area contributed by atoms with Gasteiger partial charge in [0.25, 0.3) is 0 Å². The van der Waals surface area contributed by atoms with E-state index in [1.165, 1.54) is 0 Å². The van der Waals surface area contributed by atoms with Crippen molar-refractivity contribution >= 4 is 11.9 Å². The fraction of sp³-hybridized carbons (Fsp3) is 0.833. The third-order valence-corrected chi connectivity index (χ3v) is 6.85. The van der Waals surface area contributed by atoms with Crippen molar-refractivity contribution in [1.82, 2.24) is 0 Å². The molecule has 0 amide bonds.